The molecule has 1 unspecified atom stereocenters. The van der Waals surface area contributed by atoms with Crippen LogP contribution in [0.1, 0.15) is 27.2 Å². The third-order valence-electron chi connectivity index (χ3n) is 1.49. The van der Waals surface area contributed by atoms with Gasteiger partial charge in [0, 0.05) is 7.11 Å². The normalized spacial score (nSPS) is 13.9. The standard InChI is InChI=1S/C9H20O2/c1-8(2)7-9(3)11-6-5-10-4/h8-9H,5-7H2,1-4H3. The Labute approximate surface area is 69.9 Å². The zero-order valence-electron chi connectivity index (χ0n) is 8.09. The second-order valence-electron chi connectivity index (χ2n) is 3.30. The summed E-state index contributed by atoms with van der Waals surface area (Å²) >= 11 is 0. The summed E-state index contributed by atoms with van der Waals surface area (Å²) in [6.45, 7) is 7.93. The van der Waals surface area contributed by atoms with Crippen molar-refractivity contribution in [3.63, 3.8) is 0 Å². The Bertz CT molecular complexity index is 81.6. The van der Waals surface area contributed by atoms with E-state index in [1.54, 1.807) is 7.11 Å². The molecule has 0 aromatic heterocycles. The van der Waals surface area contributed by atoms with Gasteiger partial charge in [-0.3, -0.25) is 0 Å². The Hall–Kier alpha value is -0.0800. The summed E-state index contributed by atoms with van der Waals surface area (Å²) in [5, 5.41) is 0. The molecule has 0 aliphatic heterocycles. The molecule has 1 atom stereocenters. The molecule has 0 saturated heterocycles. The molecule has 68 valence electrons. The molecule has 0 heterocycles. The molecule has 0 aromatic rings. The van der Waals surface area contributed by atoms with Crippen molar-refractivity contribution in [3.05, 3.63) is 0 Å². The largest absolute Gasteiger partial charge is 0.382 e. The fraction of sp³-hybridized carbons (Fsp3) is 1.00. The summed E-state index contributed by atoms with van der Waals surface area (Å²) in [4.78, 5) is 0. The zero-order chi connectivity index (χ0) is 8.69. The molecule has 2 heteroatoms. The quantitative estimate of drug-likeness (QED) is 0.554. The second-order valence-corrected chi connectivity index (χ2v) is 3.30. The molecule has 11 heavy (non-hydrogen) atoms. The molecule has 0 spiro atoms. The van der Waals surface area contributed by atoms with E-state index < -0.39 is 0 Å². The van der Waals surface area contributed by atoms with Crippen molar-refractivity contribution in [2.75, 3.05) is 20.3 Å². The summed E-state index contributed by atoms with van der Waals surface area (Å²) in [7, 11) is 1.69. The highest BCUT2D eigenvalue weighted by molar-refractivity contribution is 4.53. The van der Waals surface area contributed by atoms with E-state index in [0.717, 1.165) is 6.42 Å². The van der Waals surface area contributed by atoms with Crippen LogP contribution >= 0.6 is 0 Å². The first kappa shape index (κ1) is 10.9. The van der Waals surface area contributed by atoms with Crippen LogP contribution in [0.5, 0.6) is 0 Å². The van der Waals surface area contributed by atoms with Gasteiger partial charge in [0.05, 0.1) is 19.3 Å². The topological polar surface area (TPSA) is 18.5 Å². The van der Waals surface area contributed by atoms with Crippen molar-refractivity contribution in [2.45, 2.75) is 33.3 Å². The van der Waals surface area contributed by atoms with Crippen molar-refractivity contribution in [1.29, 1.82) is 0 Å². The molecular formula is C9H20O2. The maximum absolute atomic E-state index is 5.47. The Balaban J connectivity index is 3.15. The molecule has 0 fully saturated rings. The summed E-state index contributed by atoms with van der Waals surface area (Å²) in [6, 6.07) is 0. The van der Waals surface area contributed by atoms with E-state index in [1.165, 1.54) is 0 Å². The highest BCUT2D eigenvalue weighted by Crippen LogP contribution is 2.06. The van der Waals surface area contributed by atoms with Crippen molar-refractivity contribution in [1.82, 2.24) is 0 Å². The summed E-state index contributed by atoms with van der Waals surface area (Å²) in [5.41, 5.74) is 0. The van der Waals surface area contributed by atoms with Crippen LogP contribution in [0.3, 0.4) is 0 Å². The van der Waals surface area contributed by atoms with E-state index in [0.29, 0.717) is 25.2 Å². The van der Waals surface area contributed by atoms with Crippen LogP contribution in [-0.4, -0.2) is 26.4 Å². The van der Waals surface area contributed by atoms with Gasteiger partial charge in [0.25, 0.3) is 0 Å². The van der Waals surface area contributed by atoms with Gasteiger partial charge in [-0.2, -0.15) is 0 Å². The molecule has 0 amide bonds. The minimum absolute atomic E-state index is 0.366. The SMILES string of the molecule is COCCOC(C)CC(C)C. The Morgan fingerprint density at radius 3 is 2.18 bits per heavy atom. The number of hydrogen-bond acceptors (Lipinski definition) is 2. The predicted molar refractivity (Wildman–Crippen MR) is 46.7 cm³/mol. The van der Waals surface area contributed by atoms with Crippen molar-refractivity contribution >= 4 is 0 Å². The van der Waals surface area contributed by atoms with Crippen LogP contribution in [0.15, 0.2) is 0 Å². The fourth-order valence-electron chi connectivity index (χ4n) is 1.06. The lowest BCUT2D eigenvalue weighted by Crippen LogP contribution is -2.14. The highest BCUT2D eigenvalue weighted by atomic mass is 16.5. The van der Waals surface area contributed by atoms with Gasteiger partial charge in [0.15, 0.2) is 0 Å². The smallest absolute Gasteiger partial charge is 0.0703 e. The molecule has 0 aliphatic rings. The second kappa shape index (κ2) is 6.62. The van der Waals surface area contributed by atoms with E-state index >= 15 is 0 Å². The van der Waals surface area contributed by atoms with Crippen molar-refractivity contribution in [3.8, 4) is 0 Å². The Kier molecular flexibility index (Phi) is 6.57. The minimum Gasteiger partial charge on any atom is -0.382 e. The monoisotopic (exact) mass is 160 g/mol. The first-order valence-electron chi connectivity index (χ1n) is 4.27. The summed E-state index contributed by atoms with van der Waals surface area (Å²) in [5.74, 6) is 0.715. The lowest BCUT2D eigenvalue weighted by atomic mass is 10.1. The van der Waals surface area contributed by atoms with Crippen LogP contribution in [-0.2, 0) is 9.47 Å². The first-order chi connectivity index (χ1) is 5.16. The van der Waals surface area contributed by atoms with Crippen molar-refractivity contribution in [2.24, 2.45) is 5.92 Å². The molecule has 0 aliphatic carbocycles. The van der Waals surface area contributed by atoms with Gasteiger partial charge >= 0.3 is 0 Å². The average molecular weight is 160 g/mol. The van der Waals surface area contributed by atoms with Gasteiger partial charge in [-0.1, -0.05) is 13.8 Å². The molecule has 0 rings (SSSR count). The average Bonchev–Trinajstić information content (AvgIpc) is 1.86. The molecule has 0 aromatic carbocycles. The molecule has 0 N–H and O–H groups in total. The number of ether oxygens (including phenoxy) is 2. The molecule has 0 bridgehead atoms. The van der Waals surface area contributed by atoms with Crippen LogP contribution in [0.2, 0.25) is 0 Å². The summed E-state index contributed by atoms with van der Waals surface area (Å²) < 4.78 is 10.3. The molecular weight excluding hydrogens is 140 g/mol. The number of rotatable bonds is 6. The minimum atomic E-state index is 0.366. The predicted octanol–water partition coefficient (Wildman–Crippen LogP) is 2.08. The van der Waals surface area contributed by atoms with E-state index in [1.807, 2.05) is 0 Å². The Morgan fingerprint density at radius 1 is 1.09 bits per heavy atom. The fourth-order valence-corrected chi connectivity index (χ4v) is 1.06. The maximum atomic E-state index is 5.47. The molecule has 0 saturated carbocycles. The van der Waals surface area contributed by atoms with Gasteiger partial charge in [-0.05, 0) is 19.3 Å². The van der Waals surface area contributed by atoms with E-state index in [9.17, 15) is 0 Å². The van der Waals surface area contributed by atoms with Crippen LogP contribution in [0.4, 0.5) is 0 Å². The maximum Gasteiger partial charge on any atom is 0.0703 e. The third kappa shape index (κ3) is 7.82. The molecule has 0 radical (unpaired) electrons. The van der Waals surface area contributed by atoms with E-state index in [-0.39, 0.29) is 0 Å². The van der Waals surface area contributed by atoms with E-state index in [2.05, 4.69) is 20.8 Å². The third-order valence-corrected chi connectivity index (χ3v) is 1.49. The van der Waals surface area contributed by atoms with E-state index in [4.69, 9.17) is 9.47 Å². The zero-order valence-corrected chi connectivity index (χ0v) is 8.09. The van der Waals surface area contributed by atoms with Gasteiger partial charge in [-0.25, -0.2) is 0 Å². The summed E-state index contributed by atoms with van der Waals surface area (Å²) in [6.07, 6.45) is 1.49. The van der Waals surface area contributed by atoms with Crippen LogP contribution in [0, 0.1) is 5.92 Å². The highest BCUT2D eigenvalue weighted by Gasteiger charge is 2.03. The van der Waals surface area contributed by atoms with Gasteiger partial charge in [-0.15, -0.1) is 0 Å². The lowest BCUT2D eigenvalue weighted by Gasteiger charge is -2.14. The van der Waals surface area contributed by atoms with Gasteiger partial charge in [0.2, 0.25) is 0 Å². The van der Waals surface area contributed by atoms with Gasteiger partial charge in [0.1, 0.15) is 0 Å². The number of methoxy groups -OCH3 is 1. The first-order valence-corrected chi connectivity index (χ1v) is 4.27. The van der Waals surface area contributed by atoms with Crippen molar-refractivity contribution < 1.29 is 9.47 Å². The Morgan fingerprint density at radius 2 is 1.73 bits per heavy atom. The lowest BCUT2D eigenvalue weighted by molar-refractivity contribution is 0.0171. The number of hydrogen-bond donors (Lipinski definition) is 0. The van der Waals surface area contributed by atoms with Crippen LogP contribution < -0.4 is 0 Å². The molecule has 2 nitrogen and oxygen atoms in total. The van der Waals surface area contributed by atoms with Gasteiger partial charge < -0.3 is 9.47 Å². The van der Waals surface area contributed by atoms with Crippen LogP contribution in [0.25, 0.3) is 0 Å².